The Morgan fingerprint density at radius 1 is 1.24 bits per heavy atom. The topological polar surface area (TPSA) is 20.2 Å². The van der Waals surface area contributed by atoms with Gasteiger partial charge in [-0.15, -0.1) is 60.9 Å². The van der Waals surface area contributed by atoms with Gasteiger partial charge in [0.25, 0.3) is 0 Å². The minimum Gasteiger partial charge on any atom is -0.168 e. The molecule has 0 saturated heterocycles. The summed E-state index contributed by atoms with van der Waals surface area (Å²) < 4.78 is 0. The van der Waals surface area contributed by atoms with E-state index in [1.807, 2.05) is 12.2 Å². The van der Waals surface area contributed by atoms with Crippen LogP contribution >= 0.6 is 24.8 Å². The summed E-state index contributed by atoms with van der Waals surface area (Å²) in [7, 11) is 1.08. The van der Waals surface area contributed by atoms with Gasteiger partial charge in [0, 0.05) is 9.52 Å². The Balaban J connectivity index is -0.0000000734. The quantitative estimate of drug-likeness (QED) is 0.389. The van der Waals surface area contributed by atoms with Crippen molar-refractivity contribution in [2.75, 3.05) is 6.61 Å². The molecule has 1 aliphatic carbocycles. The van der Waals surface area contributed by atoms with E-state index in [2.05, 4.69) is 81.5 Å². The SMILES string of the molecule is C[Si]C.Cl.Cl.[C-]1=CC=CC1.[CH2-]CO.[CH3-].[Si]=[Zr].c1ccc2[cH-]ccc2c1. The summed E-state index contributed by atoms with van der Waals surface area (Å²) in [6.07, 6.45) is 10.0. The molecule has 0 aliphatic heterocycles. The van der Waals surface area contributed by atoms with E-state index in [4.69, 9.17) is 5.11 Å². The average molecular weight is 491 g/mol. The van der Waals surface area contributed by atoms with Crippen LogP contribution in [0, 0.1) is 20.4 Å². The Kier molecular flexibility index (Phi) is 46.1. The predicted octanol–water partition coefficient (Wildman–Crippen LogP) is 5.37. The summed E-state index contributed by atoms with van der Waals surface area (Å²) in [6.45, 7) is 10.4. The molecule has 0 heterocycles. The summed E-state index contributed by atoms with van der Waals surface area (Å²) in [5, 5.41) is 10.1. The second-order valence-electron chi connectivity index (χ2n) is 3.88. The van der Waals surface area contributed by atoms with Gasteiger partial charge in [0.1, 0.15) is 0 Å². The molecule has 140 valence electrons. The third-order valence-electron chi connectivity index (χ3n) is 2.13. The van der Waals surface area contributed by atoms with Crippen molar-refractivity contribution >= 4 is 52.0 Å². The first-order valence-corrected chi connectivity index (χ1v) is 13.0. The molecular formula is C19H28Cl2OSi2Zr-4. The molecule has 6 heteroatoms. The smallest absolute Gasteiger partial charge is 0.0809 e. The van der Waals surface area contributed by atoms with Gasteiger partial charge in [0.2, 0.25) is 0 Å². The van der Waals surface area contributed by atoms with Crippen LogP contribution in [0.15, 0.2) is 60.7 Å². The monoisotopic (exact) mass is 488 g/mol. The Hall–Kier alpha value is 0.167. The van der Waals surface area contributed by atoms with Crippen LogP contribution in [-0.4, -0.2) is 28.1 Å². The first-order valence-electron chi connectivity index (χ1n) is 6.85. The fourth-order valence-electron chi connectivity index (χ4n) is 1.41. The van der Waals surface area contributed by atoms with Gasteiger partial charge in [0.05, 0.1) is 0 Å². The minimum absolute atomic E-state index is 0. The molecule has 2 aromatic rings. The molecular weight excluding hydrogens is 463 g/mol. The number of fused-ring (bicyclic) bond motifs is 1. The van der Waals surface area contributed by atoms with Crippen molar-refractivity contribution in [2.45, 2.75) is 19.5 Å². The number of aliphatic hydroxyl groups excluding tert-OH is 1. The molecule has 1 aliphatic rings. The zero-order valence-corrected chi connectivity index (χ0v) is 21.2. The summed E-state index contributed by atoms with van der Waals surface area (Å²) in [5.74, 6) is 0. The second kappa shape index (κ2) is 31.9. The maximum Gasteiger partial charge on any atom is -0.0809 e. The largest absolute Gasteiger partial charge is 0.168 e. The molecule has 3 rings (SSSR count). The Morgan fingerprint density at radius 3 is 2.12 bits per heavy atom. The Labute approximate surface area is 186 Å². The first-order chi connectivity index (χ1) is 10.8. The number of rotatable bonds is 0. The maximum atomic E-state index is 7.46. The van der Waals surface area contributed by atoms with E-state index in [0.29, 0.717) is 0 Å². The average Bonchev–Trinajstić information content (AvgIpc) is 3.25. The predicted molar refractivity (Wildman–Crippen MR) is 118 cm³/mol. The van der Waals surface area contributed by atoms with Crippen LogP contribution in [0.2, 0.25) is 13.1 Å². The van der Waals surface area contributed by atoms with E-state index in [0.717, 1.165) is 15.9 Å². The van der Waals surface area contributed by atoms with Crippen molar-refractivity contribution in [2.24, 2.45) is 0 Å². The summed E-state index contributed by atoms with van der Waals surface area (Å²) >= 11 is 1.36. The summed E-state index contributed by atoms with van der Waals surface area (Å²) in [5.41, 5.74) is 0. The third kappa shape index (κ3) is 24.2. The molecule has 0 spiro atoms. The number of hydrogen-bond donors (Lipinski definition) is 1. The van der Waals surface area contributed by atoms with E-state index < -0.39 is 0 Å². The standard InChI is InChI=1S/C9H7.C5H5.C2H5O.C2H6Si.CH3.2ClH.Si.Zr/c1-2-5-9-7-3-6-8(9)4-1;1-2-4-5-3-1;1-2-3;1-3-2;;;;;/h1-7H;1-3H,4H2;3H,1-2H2;1-2H3;1H3;2*1H;;/q3*-1;;-1;;;;. The normalized spacial score (nSPS) is 8.76. The van der Waals surface area contributed by atoms with Gasteiger partial charge in [-0.1, -0.05) is 25.8 Å². The minimum atomic E-state index is 0. The van der Waals surface area contributed by atoms with E-state index in [9.17, 15) is 0 Å². The maximum absolute atomic E-state index is 7.46. The van der Waals surface area contributed by atoms with Crippen LogP contribution in [0.5, 0.6) is 0 Å². The van der Waals surface area contributed by atoms with Crippen LogP contribution in [0.3, 0.4) is 0 Å². The number of allylic oxidation sites excluding steroid dienone is 4. The van der Waals surface area contributed by atoms with E-state index in [-0.39, 0.29) is 38.8 Å². The van der Waals surface area contributed by atoms with Crippen molar-refractivity contribution in [1.82, 2.24) is 0 Å². The van der Waals surface area contributed by atoms with Gasteiger partial charge in [0.15, 0.2) is 0 Å². The fraction of sp³-hybridized carbons (Fsp3) is 0.211. The van der Waals surface area contributed by atoms with Gasteiger partial charge in [-0.3, -0.25) is 6.08 Å². The van der Waals surface area contributed by atoms with Crippen LogP contribution in [0.25, 0.3) is 10.8 Å². The van der Waals surface area contributed by atoms with Crippen LogP contribution < -0.4 is 0 Å². The van der Waals surface area contributed by atoms with Crippen molar-refractivity contribution < 1.29 is 28.4 Å². The zero-order chi connectivity index (χ0) is 17.1. The zero-order valence-electron chi connectivity index (χ0n) is 15.2. The van der Waals surface area contributed by atoms with Gasteiger partial charge in [-0.25, -0.2) is 12.2 Å². The first kappa shape index (κ1) is 36.1. The molecule has 4 radical (unpaired) electrons. The van der Waals surface area contributed by atoms with Gasteiger partial charge < -0.3 is 19.5 Å². The van der Waals surface area contributed by atoms with Crippen LogP contribution in [0.1, 0.15) is 6.42 Å². The molecule has 0 amide bonds. The number of hydrogen-bond acceptors (Lipinski definition) is 1. The molecule has 0 unspecified atom stereocenters. The van der Waals surface area contributed by atoms with E-state index in [1.165, 1.54) is 34.1 Å². The molecule has 0 atom stereocenters. The molecule has 0 fully saturated rings. The molecule has 2 aromatic carbocycles. The fourth-order valence-corrected chi connectivity index (χ4v) is 1.41. The van der Waals surface area contributed by atoms with Gasteiger partial charge in [-0.2, -0.15) is 23.6 Å². The van der Waals surface area contributed by atoms with Crippen molar-refractivity contribution in [3.63, 3.8) is 0 Å². The van der Waals surface area contributed by atoms with E-state index >= 15 is 0 Å². The van der Waals surface area contributed by atoms with Crippen molar-refractivity contribution in [1.29, 1.82) is 0 Å². The van der Waals surface area contributed by atoms with Crippen LogP contribution in [-0.2, 0) is 23.3 Å². The summed E-state index contributed by atoms with van der Waals surface area (Å²) in [6, 6.07) is 14.7. The Morgan fingerprint density at radius 2 is 1.76 bits per heavy atom. The second-order valence-corrected chi connectivity index (χ2v) is 4.88. The van der Waals surface area contributed by atoms with Gasteiger partial charge in [-0.05, 0) is 0 Å². The molecule has 0 saturated carbocycles. The summed E-state index contributed by atoms with van der Waals surface area (Å²) in [4.78, 5) is 0. The number of benzene rings is 1. The molecule has 0 aromatic heterocycles. The third-order valence-corrected chi connectivity index (χ3v) is 2.13. The van der Waals surface area contributed by atoms with Gasteiger partial charge >= 0.3 is 30.2 Å². The van der Waals surface area contributed by atoms with Crippen molar-refractivity contribution in [3.05, 3.63) is 81.1 Å². The van der Waals surface area contributed by atoms with E-state index in [1.54, 1.807) is 0 Å². The van der Waals surface area contributed by atoms with Crippen LogP contribution in [0.4, 0.5) is 0 Å². The number of aliphatic hydroxyl groups is 1. The molecule has 25 heavy (non-hydrogen) atoms. The number of halogens is 2. The van der Waals surface area contributed by atoms with Crippen molar-refractivity contribution in [3.8, 4) is 0 Å². The Bertz CT molecular complexity index is 475. The molecule has 1 N–H and O–H groups in total. The molecule has 1 nitrogen and oxygen atoms in total. The molecule has 0 bridgehead atoms.